The van der Waals surface area contributed by atoms with Gasteiger partial charge in [0.25, 0.3) is 0 Å². The van der Waals surface area contributed by atoms with E-state index in [-0.39, 0.29) is 0 Å². The molecule has 0 bridgehead atoms. The zero-order valence-electron chi connectivity index (χ0n) is 16.0. The molecule has 6 nitrogen and oxygen atoms in total. The number of ether oxygens (including phenoxy) is 2. The molecule has 1 heterocycles. The normalized spacial score (nSPS) is 11.5. The molecule has 0 aliphatic rings. The first-order chi connectivity index (χ1) is 13.2. The maximum atomic E-state index is 5.32. The molecule has 0 radical (unpaired) electrons. The molecule has 0 aliphatic carbocycles. The van der Waals surface area contributed by atoms with Crippen molar-refractivity contribution in [3.63, 3.8) is 0 Å². The van der Waals surface area contributed by atoms with Crippen LogP contribution in [0.4, 0.5) is 10.8 Å². The fourth-order valence-electron chi connectivity index (χ4n) is 2.66. The predicted octanol–water partition coefficient (Wildman–Crippen LogP) is 4.63. The minimum atomic E-state index is 0.674. The molecular weight excluding hydrogens is 360 g/mol. The molecular formula is C20H24N4O2S. The topological polar surface area (TPSA) is 59.0 Å². The Morgan fingerprint density at radius 2 is 1.78 bits per heavy atom. The second-order valence-electron chi connectivity index (χ2n) is 5.73. The number of anilines is 2. The van der Waals surface area contributed by atoms with E-state index in [1.165, 1.54) is 0 Å². The number of hydrogen-bond donors (Lipinski definition) is 1. The largest absolute Gasteiger partial charge is 0.497 e. The Labute approximate surface area is 163 Å². The Balaban J connectivity index is 1.90. The van der Waals surface area contributed by atoms with Gasteiger partial charge in [0, 0.05) is 18.8 Å². The molecule has 0 aliphatic heterocycles. The predicted molar refractivity (Wildman–Crippen MR) is 114 cm³/mol. The second-order valence-corrected chi connectivity index (χ2v) is 6.73. The Bertz CT molecular complexity index is 921. The molecule has 0 unspecified atom stereocenters. The first kappa shape index (κ1) is 19.0. The number of hydrogen-bond acceptors (Lipinski definition) is 5. The molecule has 0 amide bonds. The summed E-state index contributed by atoms with van der Waals surface area (Å²) in [6.45, 7) is 5.53. The Morgan fingerprint density at radius 1 is 1.07 bits per heavy atom. The zero-order chi connectivity index (χ0) is 19.2. The summed E-state index contributed by atoms with van der Waals surface area (Å²) in [7, 11) is 3.33. The van der Waals surface area contributed by atoms with Crippen molar-refractivity contribution in [1.29, 1.82) is 0 Å². The number of nitrogens with zero attached hydrogens (tertiary/aromatic N) is 3. The van der Waals surface area contributed by atoms with E-state index in [2.05, 4.69) is 22.1 Å². The molecule has 0 saturated heterocycles. The van der Waals surface area contributed by atoms with Gasteiger partial charge in [-0.1, -0.05) is 11.3 Å². The maximum absolute atomic E-state index is 5.32. The fraction of sp³-hybridized carbons (Fsp3) is 0.300. The Morgan fingerprint density at radius 3 is 2.41 bits per heavy atom. The molecule has 1 aromatic heterocycles. The summed E-state index contributed by atoms with van der Waals surface area (Å²) < 4.78 is 11.6. The first-order valence-corrected chi connectivity index (χ1v) is 9.67. The molecule has 2 aromatic carbocycles. The summed E-state index contributed by atoms with van der Waals surface area (Å²) in [5.74, 6) is 2.43. The number of nitrogens with one attached hydrogen (secondary N) is 1. The molecule has 0 atom stereocenters. The van der Waals surface area contributed by atoms with Gasteiger partial charge in [0.1, 0.15) is 11.5 Å². The number of aliphatic imine (C=N–C) groups is 1. The summed E-state index contributed by atoms with van der Waals surface area (Å²) in [5.41, 5.74) is 1.90. The van der Waals surface area contributed by atoms with Gasteiger partial charge in [-0.15, -0.1) is 0 Å². The van der Waals surface area contributed by atoms with Crippen LogP contribution in [0.15, 0.2) is 47.5 Å². The molecule has 142 valence electrons. The lowest BCUT2D eigenvalue weighted by Gasteiger charge is -2.23. The molecule has 7 heteroatoms. The molecule has 1 N–H and O–H groups in total. The summed E-state index contributed by atoms with van der Waals surface area (Å²) in [6, 6.07) is 13.7. The molecule has 0 saturated carbocycles. The van der Waals surface area contributed by atoms with Gasteiger partial charge >= 0.3 is 0 Å². The third-order valence-electron chi connectivity index (χ3n) is 4.04. The molecule has 3 aromatic rings. The van der Waals surface area contributed by atoms with Crippen LogP contribution >= 0.6 is 11.3 Å². The van der Waals surface area contributed by atoms with Crippen LogP contribution in [-0.2, 0) is 0 Å². The van der Waals surface area contributed by atoms with Crippen molar-refractivity contribution in [2.75, 3.05) is 37.5 Å². The van der Waals surface area contributed by atoms with E-state index in [1.54, 1.807) is 25.6 Å². The average molecular weight is 385 g/mol. The number of guanidine groups is 1. The van der Waals surface area contributed by atoms with Crippen LogP contribution < -0.4 is 19.7 Å². The summed E-state index contributed by atoms with van der Waals surface area (Å²) in [4.78, 5) is 11.5. The number of methoxy groups -OCH3 is 2. The van der Waals surface area contributed by atoms with Crippen LogP contribution in [0.1, 0.15) is 13.8 Å². The van der Waals surface area contributed by atoms with E-state index < -0.39 is 0 Å². The zero-order valence-corrected chi connectivity index (χ0v) is 16.8. The monoisotopic (exact) mass is 384 g/mol. The highest BCUT2D eigenvalue weighted by atomic mass is 32.1. The highest BCUT2D eigenvalue weighted by Crippen LogP contribution is 2.31. The smallest absolute Gasteiger partial charge is 0.204 e. The molecule has 0 spiro atoms. The van der Waals surface area contributed by atoms with E-state index in [0.717, 1.165) is 45.0 Å². The summed E-state index contributed by atoms with van der Waals surface area (Å²) in [5, 5.41) is 4.31. The third-order valence-corrected chi connectivity index (χ3v) is 5.08. The minimum Gasteiger partial charge on any atom is -0.497 e. The first-order valence-electron chi connectivity index (χ1n) is 8.86. The van der Waals surface area contributed by atoms with Crippen molar-refractivity contribution >= 4 is 38.3 Å². The van der Waals surface area contributed by atoms with E-state index in [0.29, 0.717) is 6.54 Å². The van der Waals surface area contributed by atoms with Gasteiger partial charge in [0.05, 0.1) is 24.4 Å². The van der Waals surface area contributed by atoms with E-state index in [4.69, 9.17) is 14.5 Å². The number of fused-ring (bicyclic) bond motifs is 1. The summed E-state index contributed by atoms with van der Waals surface area (Å²) in [6.07, 6.45) is 0. The lowest BCUT2D eigenvalue weighted by molar-refractivity contribution is 0.415. The van der Waals surface area contributed by atoms with Gasteiger partial charge in [-0.3, -0.25) is 9.89 Å². The lowest BCUT2D eigenvalue weighted by atomic mass is 10.3. The highest BCUT2D eigenvalue weighted by Gasteiger charge is 2.17. The maximum Gasteiger partial charge on any atom is 0.204 e. The SMILES string of the molecule is CCN=C(Nc1ccc(OC)cc1)N(CC)c1nc2ccc(OC)cc2s1. The summed E-state index contributed by atoms with van der Waals surface area (Å²) >= 11 is 1.62. The number of benzene rings is 2. The van der Waals surface area contributed by atoms with Gasteiger partial charge in [0.2, 0.25) is 5.96 Å². The van der Waals surface area contributed by atoms with Crippen molar-refractivity contribution in [2.24, 2.45) is 4.99 Å². The highest BCUT2D eigenvalue weighted by molar-refractivity contribution is 7.22. The van der Waals surface area contributed by atoms with Crippen molar-refractivity contribution in [2.45, 2.75) is 13.8 Å². The van der Waals surface area contributed by atoms with E-state index >= 15 is 0 Å². The lowest BCUT2D eigenvalue weighted by Crippen LogP contribution is -2.36. The Kier molecular flexibility index (Phi) is 6.13. The van der Waals surface area contributed by atoms with Gasteiger partial charge in [0.15, 0.2) is 5.13 Å². The van der Waals surface area contributed by atoms with Gasteiger partial charge in [-0.2, -0.15) is 0 Å². The van der Waals surface area contributed by atoms with Crippen LogP contribution in [0.25, 0.3) is 10.2 Å². The standard InChI is InChI=1S/C20H24N4O2S/c1-5-21-19(22-14-7-9-15(25-3)10-8-14)24(6-2)20-23-17-12-11-16(26-4)13-18(17)27-20/h7-13H,5-6H2,1-4H3,(H,21,22). The molecule has 0 fully saturated rings. The fourth-order valence-corrected chi connectivity index (χ4v) is 3.72. The number of aromatic nitrogens is 1. The second kappa shape index (κ2) is 8.73. The van der Waals surface area contributed by atoms with E-state index in [1.807, 2.05) is 49.4 Å². The van der Waals surface area contributed by atoms with Crippen LogP contribution in [0, 0.1) is 0 Å². The third kappa shape index (κ3) is 4.31. The number of rotatable bonds is 6. The average Bonchev–Trinajstić information content (AvgIpc) is 3.12. The van der Waals surface area contributed by atoms with Gasteiger partial charge in [-0.25, -0.2) is 4.98 Å². The molecule has 27 heavy (non-hydrogen) atoms. The Hall–Kier alpha value is -2.80. The quantitative estimate of drug-likeness (QED) is 0.496. The number of thiazole rings is 1. The van der Waals surface area contributed by atoms with Crippen LogP contribution in [-0.4, -0.2) is 38.3 Å². The van der Waals surface area contributed by atoms with Crippen molar-refractivity contribution < 1.29 is 9.47 Å². The van der Waals surface area contributed by atoms with Crippen LogP contribution in [0.3, 0.4) is 0 Å². The minimum absolute atomic E-state index is 0.674. The van der Waals surface area contributed by atoms with Crippen LogP contribution in [0.2, 0.25) is 0 Å². The van der Waals surface area contributed by atoms with E-state index in [9.17, 15) is 0 Å². The van der Waals surface area contributed by atoms with Gasteiger partial charge < -0.3 is 14.8 Å². The van der Waals surface area contributed by atoms with Crippen molar-refractivity contribution in [3.8, 4) is 11.5 Å². The molecule has 3 rings (SSSR count). The van der Waals surface area contributed by atoms with Crippen LogP contribution in [0.5, 0.6) is 11.5 Å². The van der Waals surface area contributed by atoms with Crippen molar-refractivity contribution in [1.82, 2.24) is 4.98 Å². The van der Waals surface area contributed by atoms with Gasteiger partial charge in [-0.05, 0) is 56.3 Å². The van der Waals surface area contributed by atoms with Crippen molar-refractivity contribution in [3.05, 3.63) is 42.5 Å².